The van der Waals surface area contributed by atoms with Crippen LogP contribution in [-0.4, -0.2) is 32.1 Å². The Labute approximate surface area is 141 Å². The van der Waals surface area contributed by atoms with Crippen molar-refractivity contribution in [1.29, 1.82) is 0 Å². The molecule has 0 spiro atoms. The van der Waals surface area contributed by atoms with Crippen molar-refractivity contribution in [2.24, 2.45) is 0 Å². The number of fused-ring (bicyclic) bond motifs is 3. The Bertz CT molecular complexity index is 774. The second kappa shape index (κ2) is 5.50. The molecule has 0 amide bonds. The molecule has 0 saturated carbocycles. The highest BCUT2D eigenvalue weighted by Crippen LogP contribution is 2.40. The summed E-state index contributed by atoms with van der Waals surface area (Å²) in [6, 6.07) is 9.68. The molecule has 2 nitrogen and oxygen atoms in total. The van der Waals surface area contributed by atoms with Gasteiger partial charge in [0.2, 0.25) is 0 Å². The number of benzene rings is 2. The topological polar surface area (TPSA) is 6.48 Å². The average Bonchev–Trinajstić information content (AvgIpc) is 2.91. The lowest BCUT2D eigenvalue weighted by Crippen LogP contribution is -2.31. The Morgan fingerprint density at radius 2 is 1.96 bits per heavy atom. The van der Waals surface area contributed by atoms with Crippen LogP contribution >= 0.6 is 11.6 Å². The van der Waals surface area contributed by atoms with Crippen molar-refractivity contribution in [3.05, 3.63) is 63.4 Å². The fourth-order valence-corrected chi connectivity index (χ4v) is 4.12. The minimum Gasteiger partial charge on any atom is -0.374 e. The normalized spacial score (nSPS) is 20.5. The van der Waals surface area contributed by atoms with E-state index in [9.17, 15) is 4.39 Å². The molecular weight excluding hydrogens is 311 g/mol. The zero-order valence-electron chi connectivity index (χ0n) is 13.4. The van der Waals surface area contributed by atoms with Crippen LogP contribution in [0.5, 0.6) is 0 Å². The lowest BCUT2D eigenvalue weighted by atomic mass is 9.82. The summed E-state index contributed by atoms with van der Waals surface area (Å²) in [7, 11) is 4.29. The van der Waals surface area contributed by atoms with E-state index >= 15 is 0 Å². The van der Waals surface area contributed by atoms with Gasteiger partial charge in [-0.3, -0.25) is 0 Å². The predicted molar refractivity (Wildman–Crippen MR) is 93.0 cm³/mol. The SMILES string of the molecule is CN1Cc2c(ccc3c2CCN3C)C(c2ccc(Cl)c(F)c2)C1. The summed E-state index contributed by atoms with van der Waals surface area (Å²) in [4.78, 5) is 4.65. The van der Waals surface area contributed by atoms with Gasteiger partial charge in [-0.2, -0.15) is 0 Å². The number of hydrogen-bond acceptors (Lipinski definition) is 2. The zero-order chi connectivity index (χ0) is 16.1. The lowest BCUT2D eigenvalue weighted by Gasteiger charge is -2.34. The number of hydrogen-bond donors (Lipinski definition) is 0. The van der Waals surface area contributed by atoms with Crippen molar-refractivity contribution < 1.29 is 4.39 Å². The van der Waals surface area contributed by atoms with Gasteiger partial charge >= 0.3 is 0 Å². The van der Waals surface area contributed by atoms with Crippen LogP contribution in [0.4, 0.5) is 10.1 Å². The van der Waals surface area contributed by atoms with Crippen molar-refractivity contribution in [2.45, 2.75) is 18.9 Å². The first-order valence-electron chi connectivity index (χ1n) is 8.04. The number of nitrogens with zero attached hydrogens (tertiary/aromatic N) is 2. The highest BCUT2D eigenvalue weighted by Gasteiger charge is 2.30. The maximum Gasteiger partial charge on any atom is 0.142 e. The third kappa shape index (κ3) is 2.43. The molecule has 2 aliphatic heterocycles. The maximum absolute atomic E-state index is 13.9. The summed E-state index contributed by atoms with van der Waals surface area (Å²) >= 11 is 5.85. The molecule has 2 aromatic rings. The lowest BCUT2D eigenvalue weighted by molar-refractivity contribution is 0.294. The van der Waals surface area contributed by atoms with Crippen LogP contribution in [0.15, 0.2) is 30.3 Å². The molecule has 4 rings (SSSR count). The third-order valence-corrected chi connectivity index (χ3v) is 5.50. The van der Waals surface area contributed by atoms with Crippen LogP contribution < -0.4 is 4.90 Å². The summed E-state index contributed by atoms with van der Waals surface area (Å²) < 4.78 is 13.9. The summed E-state index contributed by atoms with van der Waals surface area (Å²) in [6.07, 6.45) is 1.10. The van der Waals surface area contributed by atoms with Crippen molar-refractivity contribution in [2.75, 3.05) is 32.1 Å². The molecule has 0 radical (unpaired) electrons. The molecule has 120 valence electrons. The van der Waals surface area contributed by atoms with Gasteiger partial charge in [-0.05, 0) is 53.9 Å². The summed E-state index contributed by atoms with van der Waals surface area (Å²) in [6.45, 7) is 2.96. The fraction of sp³-hybridized carbons (Fsp3) is 0.368. The van der Waals surface area contributed by atoms with E-state index < -0.39 is 0 Å². The van der Waals surface area contributed by atoms with Gasteiger partial charge in [-0.1, -0.05) is 23.7 Å². The molecule has 2 heterocycles. The molecular formula is C19H20ClFN2. The number of anilines is 1. The molecule has 1 unspecified atom stereocenters. The Morgan fingerprint density at radius 1 is 1.13 bits per heavy atom. The minimum absolute atomic E-state index is 0.189. The van der Waals surface area contributed by atoms with E-state index in [2.05, 4.69) is 36.0 Å². The Morgan fingerprint density at radius 3 is 2.74 bits per heavy atom. The van der Waals surface area contributed by atoms with Crippen LogP contribution in [0.1, 0.15) is 28.2 Å². The van der Waals surface area contributed by atoms with E-state index in [0.717, 1.165) is 31.6 Å². The highest BCUT2D eigenvalue weighted by molar-refractivity contribution is 6.30. The molecule has 2 aromatic carbocycles. The van der Waals surface area contributed by atoms with E-state index in [-0.39, 0.29) is 16.8 Å². The van der Waals surface area contributed by atoms with E-state index in [1.165, 1.54) is 22.4 Å². The largest absolute Gasteiger partial charge is 0.374 e. The second-order valence-corrected chi connectivity index (χ2v) is 7.13. The number of halogens is 2. The van der Waals surface area contributed by atoms with E-state index in [1.807, 2.05) is 6.07 Å². The molecule has 0 aromatic heterocycles. The average molecular weight is 331 g/mol. The monoisotopic (exact) mass is 330 g/mol. The quantitative estimate of drug-likeness (QED) is 0.778. The number of rotatable bonds is 1. The fourth-order valence-electron chi connectivity index (χ4n) is 4.01. The van der Waals surface area contributed by atoms with Crippen LogP contribution in [0.3, 0.4) is 0 Å². The van der Waals surface area contributed by atoms with Crippen molar-refractivity contribution in [3.8, 4) is 0 Å². The highest BCUT2D eigenvalue weighted by atomic mass is 35.5. The van der Waals surface area contributed by atoms with Gasteiger partial charge in [0.05, 0.1) is 5.02 Å². The van der Waals surface area contributed by atoms with Gasteiger partial charge in [0.1, 0.15) is 5.82 Å². The van der Waals surface area contributed by atoms with E-state index in [1.54, 1.807) is 12.1 Å². The Balaban J connectivity index is 1.84. The first kappa shape index (κ1) is 15.0. The minimum atomic E-state index is -0.333. The second-order valence-electron chi connectivity index (χ2n) is 6.73. The van der Waals surface area contributed by atoms with Crippen LogP contribution in [0, 0.1) is 5.82 Å². The van der Waals surface area contributed by atoms with E-state index in [4.69, 9.17) is 11.6 Å². The van der Waals surface area contributed by atoms with Crippen LogP contribution in [0.2, 0.25) is 5.02 Å². The first-order chi connectivity index (χ1) is 11.0. The van der Waals surface area contributed by atoms with E-state index in [0.29, 0.717) is 0 Å². The molecule has 0 saturated heterocycles. The smallest absolute Gasteiger partial charge is 0.142 e. The van der Waals surface area contributed by atoms with Crippen LogP contribution in [-0.2, 0) is 13.0 Å². The molecule has 0 fully saturated rings. The van der Waals surface area contributed by atoms with Crippen molar-refractivity contribution in [3.63, 3.8) is 0 Å². The zero-order valence-corrected chi connectivity index (χ0v) is 14.2. The van der Waals surface area contributed by atoms with Gasteiger partial charge in [0, 0.05) is 38.3 Å². The molecule has 4 heteroatoms. The molecule has 23 heavy (non-hydrogen) atoms. The van der Waals surface area contributed by atoms with Gasteiger partial charge in [-0.25, -0.2) is 4.39 Å². The van der Waals surface area contributed by atoms with Gasteiger partial charge in [0.25, 0.3) is 0 Å². The molecule has 2 aliphatic rings. The number of likely N-dealkylation sites (N-methyl/N-ethyl adjacent to an activating group) is 2. The standard InChI is InChI=1S/C19H20ClFN2/c1-22-10-15(12-3-5-17(20)18(21)9-12)13-4-6-19-14(16(13)11-22)7-8-23(19)2/h3-6,9,15H,7-8,10-11H2,1-2H3. The molecule has 0 bridgehead atoms. The molecule has 0 aliphatic carbocycles. The first-order valence-corrected chi connectivity index (χ1v) is 8.41. The Hall–Kier alpha value is -1.58. The third-order valence-electron chi connectivity index (χ3n) is 5.19. The molecule has 1 atom stereocenters. The predicted octanol–water partition coefficient (Wildman–Crippen LogP) is 4.05. The van der Waals surface area contributed by atoms with Gasteiger partial charge < -0.3 is 9.80 Å². The van der Waals surface area contributed by atoms with Gasteiger partial charge in [-0.15, -0.1) is 0 Å². The Kier molecular flexibility index (Phi) is 3.58. The summed E-state index contributed by atoms with van der Waals surface area (Å²) in [5, 5.41) is 0.189. The summed E-state index contributed by atoms with van der Waals surface area (Å²) in [5.74, 6) is -0.133. The van der Waals surface area contributed by atoms with Crippen molar-refractivity contribution in [1.82, 2.24) is 4.90 Å². The van der Waals surface area contributed by atoms with Crippen LogP contribution in [0.25, 0.3) is 0 Å². The van der Waals surface area contributed by atoms with Gasteiger partial charge in [0.15, 0.2) is 0 Å². The molecule has 0 N–H and O–H groups in total. The maximum atomic E-state index is 13.9. The van der Waals surface area contributed by atoms with Crippen molar-refractivity contribution >= 4 is 17.3 Å². The summed E-state index contributed by atoms with van der Waals surface area (Å²) in [5.41, 5.74) is 6.60.